The summed E-state index contributed by atoms with van der Waals surface area (Å²) in [7, 11) is 0. The Morgan fingerprint density at radius 3 is 2.45 bits per heavy atom. The number of ether oxygens (including phenoxy) is 1. The summed E-state index contributed by atoms with van der Waals surface area (Å²) in [4.78, 5) is 34.4. The predicted octanol–water partition coefficient (Wildman–Crippen LogP) is 1.95. The van der Waals surface area contributed by atoms with Crippen molar-refractivity contribution in [3.05, 3.63) is 65.5 Å². The highest BCUT2D eigenvalue weighted by molar-refractivity contribution is 5.89. The maximum atomic E-state index is 13.1. The molecular weight excluding hydrogens is 416 g/mol. The van der Waals surface area contributed by atoms with Gasteiger partial charge in [0.15, 0.2) is 0 Å². The molecule has 1 unspecified atom stereocenters. The molecule has 7 heteroatoms. The van der Waals surface area contributed by atoms with Crippen molar-refractivity contribution in [2.45, 2.75) is 56.9 Å². The molecule has 1 aliphatic carbocycles. The number of piperazine rings is 1. The van der Waals surface area contributed by atoms with Crippen molar-refractivity contribution in [1.29, 1.82) is 0 Å². The number of amides is 2. The molecule has 1 N–H and O–H groups in total. The molecular formula is C26H32N4O3. The summed E-state index contributed by atoms with van der Waals surface area (Å²) >= 11 is 0. The summed E-state index contributed by atoms with van der Waals surface area (Å²) in [6, 6.07) is 14.2. The highest BCUT2D eigenvalue weighted by atomic mass is 16.5. The number of nitrogens with one attached hydrogen (secondary N) is 1. The average molecular weight is 449 g/mol. The molecule has 2 aliphatic heterocycles. The minimum Gasteiger partial charge on any atom is -0.372 e. The molecule has 7 nitrogen and oxygen atoms in total. The maximum Gasteiger partial charge on any atom is 0.237 e. The van der Waals surface area contributed by atoms with Crippen molar-refractivity contribution in [2.24, 2.45) is 0 Å². The van der Waals surface area contributed by atoms with Gasteiger partial charge in [0.05, 0.1) is 30.9 Å². The van der Waals surface area contributed by atoms with Crippen LogP contribution in [0.1, 0.15) is 36.1 Å². The topological polar surface area (TPSA) is 74.8 Å². The molecule has 3 aliphatic rings. The zero-order valence-corrected chi connectivity index (χ0v) is 19.0. The number of carbonyl (C=O) groups is 2. The van der Waals surface area contributed by atoms with E-state index in [1.54, 1.807) is 6.20 Å². The smallest absolute Gasteiger partial charge is 0.237 e. The summed E-state index contributed by atoms with van der Waals surface area (Å²) in [5, 5.41) is 2.98. The van der Waals surface area contributed by atoms with Gasteiger partial charge in [0.25, 0.3) is 0 Å². The van der Waals surface area contributed by atoms with Crippen molar-refractivity contribution < 1.29 is 14.3 Å². The SMILES string of the molecule is O=C1NCCN(C2Cc3ccccc3C2)C1CC(=O)N1CCC(OCc2ccccn2)CC1. The van der Waals surface area contributed by atoms with E-state index in [0.717, 1.165) is 37.9 Å². The zero-order valence-electron chi connectivity index (χ0n) is 19.0. The Hall–Kier alpha value is -2.77. The minimum atomic E-state index is -0.385. The van der Waals surface area contributed by atoms with E-state index in [1.165, 1.54) is 11.1 Å². The first-order valence-corrected chi connectivity index (χ1v) is 12.1. The number of nitrogens with zero attached hydrogens (tertiary/aromatic N) is 3. The number of fused-ring (bicyclic) bond motifs is 1. The second kappa shape index (κ2) is 10.0. The van der Waals surface area contributed by atoms with Crippen LogP contribution in [-0.4, -0.2) is 71.0 Å². The molecule has 2 fully saturated rings. The monoisotopic (exact) mass is 448 g/mol. The van der Waals surface area contributed by atoms with E-state index in [0.29, 0.717) is 26.2 Å². The van der Waals surface area contributed by atoms with Crippen LogP contribution in [0, 0.1) is 0 Å². The van der Waals surface area contributed by atoms with Gasteiger partial charge in [0.2, 0.25) is 11.8 Å². The fraction of sp³-hybridized carbons (Fsp3) is 0.500. The van der Waals surface area contributed by atoms with Gasteiger partial charge in [0.1, 0.15) is 0 Å². The lowest BCUT2D eigenvalue weighted by Gasteiger charge is -2.40. The Kier molecular flexibility index (Phi) is 6.69. The van der Waals surface area contributed by atoms with Crippen LogP contribution in [0.15, 0.2) is 48.7 Å². The fourth-order valence-electron chi connectivity index (χ4n) is 5.40. The van der Waals surface area contributed by atoms with E-state index in [9.17, 15) is 9.59 Å². The summed E-state index contributed by atoms with van der Waals surface area (Å²) < 4.78 is 6.01. The number of hydrogen-bond acceptors (Lipinski definition) is 5. The summed E-state index contributed by atoms with van der Waals surface area (Å²) in [6.07, 6.45) is 5.70. The van der Waals surface area contributed by atoms with Gasteiger partial charge in [-0.3, -0.25) is 19.5 Å². The molecule has 5 rings (SSSR count). The number of rotatable bonds is 6. The van der Waals surface area contributed by atoms with Gasteiger partial charge in [-0.1, -0.05) is 30.3 Å². The van der Waals surface area contributed by atoms with Crippen LogP contribution < -0.4 is 5.32 Å². The quantitative estimate of drug-likeness (QED) is 0.731. The van der Waals surface area contributed by atoms with E-state index in [-0.39, 0.29) is 36.4 Å². The third-order valence-corrected chi connectivity index (χ3v) is 7.23. The number of aromatic nitrogens is 1. The van der Waals surface area contributed by atoms with Crippen molar-refractivity contribution in [3.63, 3.8) is 0 Å². The Morgan fingerprint density at radius 2 is 1.76 bits per heavy atom. The molecule has 1 atom stereocenters. The normalized spacial score (nSPS) is 22.2. The number of hydrogen-bond donors (Lipinski definition) is 1. The molecule has 2 amide bonds. The van der Waals surface area contributed by atoms with Crippen molar-refractivity contribution >= 4 is 11.8 Å². The molecule has 2 saturated heterocycles. The molecule has 3 heterocycles. The molecule has 0 bridgehead atoms. The van der Waals surface area contributed by atoms with Gasteiger partial charge < -0.3 is 15.0 Å². The van der Waals surface area contributed by atoms with Gasteiger partial charge in [-0.05, 0) is 48.9 Å². The van der Waals surface area contributed by atoms with E-state index in [2.05, 4.69) is 39.5 Å². The first-order valence-electron chi connectivity index (χ1n) is 12.1. The van der Waals surface area contributed by atoms with E-state index in [4.69, 9.17) is 4.74 Å². The standard InChI is InChI=1S/C26H32N4O3/c31-25(29-12-8-23(9-13-29)33-18-21-7-3-4-10-27-21)17-24-26(32)28-11-14-30(24)22-15-19-5-1-2-6-20(19)16-22/h1-7,10,22-24H,8-9,11-18H2,(H,28,32). The third-order valence-electron chi connectivity index (χ3n) is 7.23. The molecule has 0 spiro atoms. The highest BCUT2D eigenvalue weighted by Gasteiger charge is 2.39. The highest BCUT2D eigenvalue weighted by Crippen LogP contribution is 2.28. The molecule has 174 valence electrons. The third kappa shape index (κ3) is 5.09. The van der Waals surface area contributed by atoms with Crippen LogP contribution in [-0.2, 0) is 33.8 Å². The Bertz CT molecular complexity index is 950. The molecule has 1 aromatic carbocycles. The molecule has 1 aromatic heterocycles. The number of piperidine rings is 1. The van der Waals surface area contributed by atoms with Gasteiger partial charge >= 0.3 is 0 Å². The van der Waals surface area contributed by atoms with Crippen LogP contribution in [0.5, 0.6) is 0 Å². The second-order valence-electron chi connectivity index (χ2n) is 9.29. The summed E-state index contributed by atoms with van der Waals surface area (Å²) in [5.74, 6) is 0.0554. The van der Waals surface area contributed by atoms with Gasteiger partial charge in [-0.25, -0.2) is 0 Å². The first-order chi connectivity index (χ1) is 16.2. The zero-order chi connectivity index (χ0) is 22.6. The first kappa shape index (κ1) is 22.0. The molecule has 33 heavy (non-hydrogen) atoms. The average Bonchev–Trinajstić information content (AvgIpc) is 3.29. The van der Waals surface area contributed by atoms with Crippen LogP contribution in [0.2, 0.25) is 0 Å². The molecule has 0 saturated carbocycles. The van der Waals surface area contributed by atoms with Crippen molar-refractivity contribution in [3.8, 4) is 0 Å². The number of benzene rings is 1. The number of carbonyl (C=O) groups excluding carboxylic acids is 2. The molecule has 0 radical (unpaired) electrons. The lowest BCUT2D eigenvalue weighted by molar-refractivity contribution is -0.141. The Morgan fingerprint density at radius 1 is 1.03 bits per heavy atom. The van der Waals surface area contributed by atoms with E-state index >= 15 is 0 Å². The number of likely N-dealkylation sites (tertiary alicyclic amines) is 1. The van der Waals surface area contributed by atoms with Crippen molar-refractivity contribution in [2.75, 3.05) is 26.2 Å². The lowest BCUT2D eigenvalue weighted by Crippen LogP contribution is -2.60. The van der Waals surface area contributed by atoms with Crippen LogP contribution in [0.4, 0.5) is 0 Å². The van der Waals surface area contributed by atoms with E-state index in [1.807, 2.05) is 23.1 Å². The van der Waals surface area contributed by atoms with Crippen LogP contribution in [0.25, 0.3) is 0 Å². The largest absolute Gasteiger partial charge is 0.372 e. The molecule has 2 aromatic rings. The Balaban J connectivity index is 1.14. The van der Waals surface area contributed by atoms with Gasteiger partial charge in [0, 0.05) is 38.4 Å². The van der Waals surface area contributed by atoms with Crippen molar-refractivity contribution in [1.82, 2.24) is 20.1 Å². The van der Waals surface area contributed by atoms with Gasteiger partial charge in [-0.2, -0.15) is 0 Å². The fourth-order valence-corrected chi connectivity index (χ4v) is 5.40. The van der Waals surface area contributed by atoms with Crippen LogP contribution in [0.3, 0.4) is 0 Å². The summed E-state index contributed by atoms with van der Waals surface area (Å²) in [6.45, 7) is 3.30. The maximum absolute atomic E-state index is 13.1. The lowest BCUT2D eigenvalue weighted by atomic mass is 10.0. The van der Waals surface area contributed by atoms with E-state index < -0.39 is 0 Å². The number of pyridine rings is 1. The predicted molar refractivity (Wildman–Crippen MR) is 124 cm³/mol. The van der Waals surface area contributed by atoms with Gasteiger partial charge in [-0.15, -0.1) is 0 Å². The Labute approximate surface area is 195 Å². The van der Waals surface area contributed by atoms with Crippen LogP contribution >= 0.6 is 0 Å². The second-order valence-corrected chi connectivity index (χ2v) is 9.29. The minimum absolute atomic E-state index is 0.0147. The summed E-state index contributed by atoms with van der Waals surface area (Å²) in [5.41, 5.74) is 3.66.